The number of benzene rings is 1. The van der Waals surface area contributed by atoms with Crippen molar-refractivity contribution in [1.82, 2.24) is 14.7 Å². The minimum absolute atomic E-state index is 0.170. The smallest absolute Gasteiger partial charge is 0.321 e. The Labute approximate surface area is 138 Å². The number of likely N-dealkylation sites (tertiary alicyclic amines) is 1. The van der Waals surface area contributed by atoms with E-state index in [2.05, 4.69) is 10.4 Å². The van der Waals surface area contributed by atoms with Gasteiger partial charge >= 0.3 is 6.03 Å². The second-order valence-electron chi connectivity index (χ2n) is 5.39. The number of nitrogens with zero attached hydrogens (tertiary/aromatic N) is 3. The Morgan fingerprint density at radius 1 is 1.36 bits per heavy atom. The molecule has 2 aromatic rings. The van der Waals surface area contributed by atoms with Crippen molar-refractivity contribution >= 4 is 34.9 Å². The Morgan fingerprint density at radius 2 is 2.18 bits per heavy atom. The fraction of sp³-hybridized carbons (Fsp3) is 0.333. The Hall–Kier alpha value is -1.72. The van der Waals surface area contributed by atoms with Crippen LogP contribution in [0.4, 0.5) is 10.5 Å². The van der Waals surface area contributed by atoms with Crippen LogP contribution in [-0.2, 0) is 0 Å². The Morgan fingerprint density at radius 3 is 2.91 bits per heavy atom. The number of rotatable bonds is 2. The van der Waals surface area contributed by atoms with Gasteiger partial charge in [0, 0.05) is 30.5 Å². The van der Waals surface area contributed by atoms with Crippen LogP contribution in [0.1, 0.15) is 18.0 Å². The molecule has 7 heteroatoms. The summed E-state index contributed by atoms with van der Waals surface area (Å²) in [5.41, 5.74) is 1.41. The number of anilines is 1. The highest BCUT2D eigenvalue weighted by Crippen LogP contribution is 2.29. The van der Waals surface area contributed by atoms with Crippen molar-refractivity contribution in [2.45, 2.75) is 19.4 Å². The van der Waals surface area contributed by atoms with Crippen LogP contribution in [0.2, 0.25) is 10.0 Å². The SMILES string of the molecule is Cc1cc(Cl)c(NC(=O)N2CC[C@@H](n3cccn3)C2)cc1Cl. The van der Waals surface area contributed by atoms with Gasteiger partial charge < -0.3 is 10.2 Å². The molecular weight excluding hydrogens is 323 g/mol. The Balaban J connectivity index is 1.67. The van der Waals surface area contributed by atoms with Crippen molar-refractivity contribution in [3.63, 3.8) is 0 Å². The van der Waals surface area contributed by atoms with Gasteiger partial charge in [0.1, 0.15) is 0 Å². The molecule has 0 bridgehead atoms. The first-order chi connectivity index (χ1) is 10.5. The largest absolute Gasteiger partial charge is 0.322 e. The second kappa shape index (κ2) is 6.18. The number of urea groups is 1. The molecule has 5 nitrogen and oxygen atoms in total. The summed E-state index contributed by atoms with van der Waals surface area (Å²) < 4.78 is 1.89. The summed E-state index contributed by atoms with van der Waals surface area (Å²) in [6.07, 6.45) is 4.55. The van der Waals surface area contributed by atoms with Crippen molar-refractivity contribution in [2.75, 3.05) is 18.4 Å². The first-order valence-corrected chi connectivity index (χ1v) is 7.81. The number of carbonyl (C=O) groups is 1. The van der Waals surface area contributed by atoms with E-state index in [1.54, 1.807) is 23.2 Å². The van der Waals surface area contributed by atoms with Crippen LogP contribution in [0.15, 0.2) is 30.6 Å². The first-order valence-electron chi connectivity index (χ1n) is 7.05. The maximum absolute atomic E-state index is 12.4. The number of halogens is 2. The van der Waals surface area contributed by atoms with Crippen molar-refractivity contribution in [2.24, 2.45) is 0 Å². The summed E-state index contributed by atoms with van der Waals surface area (Å²) in [6.45, 7) is 3.19. The molecule has 2 heterocycles. The van der Waals surface area contributed by atoms with Crippen LogP contribution < -0.4 is 5.32 Å². The van der Waals surface area contributed by atoms with Gasteiger partial charge in [-0.25, -0.2) is 4.79 Å². The third-order valence-electron chi connectivity index (χ3n) is 3.84. The van der Waals surface area contributed by atoms with Gasteiger partial charge in [-0.05, 0) is 37.1 Å². The molecule has 1 aromatic heterocycles. The molecule has 0 aliphatic carbocycles. The molecule has 1 aromatic carbocycles. The van der Waals surface area contributed by atoms with Crippen molar-refractivity contribution < 1.29 is 4.79 Å². The molecule has 0 spiro atoms. The van der Waals surface area contributed by atoms with E-state index in [9.17, 15) is 4.79 Å². The fourth-order valence-corrected chi connectivity index (χ4v) is 3.00. The maximum atomic E-state index is 12.4. The summed E-state index contributed by atoms with van der Waals surface area (Å²) in [5, 5.41) is 8.12. The average molecular weight is 339 g/mol. The zero-order valence-corrected chi connectivity index (χ0v) is 13.6. The lowest BCUT2D eigenvalue weighted by Gasteiger charge is -2.18. The van der Waals surface area contributed by atoms with Gasteiger partial charge in [0.15, 0.2) is 0 Å². The predicted octanol–water partition coefficient (Wildman–Crippen LogP) is 3.98. The van der Waals surface area contributed by atoms with Crippen LogP contribution in [0.3, 0.4) is 0 Å². The van der Waals surface area contributed by atoms with E-state index in [1.807, 2.05) is 23.9 Å². The summed E-state index contributed by atoms with van der Waals surface area (Å²) >= 11 is 12.2. The van der Waals surface area contributed by atoms with Gasteiger partial charge in [-0.3, -0.25) is 4.68 Å². The van der Waals surface area contributed by atoms with Crippen LogP contribution in [-0.4, -0.2) is 33.8 Å². The molecule has 0 radical (unpaired) electrons. The molecule has 1 atom stereocenters. The molecule has 116 valence electrons. The molecule has 0 saturated carbocycles. The Kier molecular flexibility index (Phi) is 4.27. The Bertz CT molecular complexity index is 687. The topological polar surface area (TPSA) is 50.2 Å². The number of aromatic nitrogens is 2. The second-order valence-corrected chi connectivity index (χ2v) is 6.20. The van der Waals surface area contributed by atoms with E-state index >= 15 is 0 Å². The quantitative estimate of drug-likeness (QED) is 0.900. The normalized spacial score (nSPS) is 17.8. The third-order valence-corrected chi connectivity index (χ3v) is 4.56. The van der Waals surface area contributed by atoms with Gasteiger partial charge in [-0.1, -0.05) is 23.2 Å². The van der Waals surface area contributed by atoms with E-state index in [0.29, 0.717) is 28.8 Å². The highest BCUT2D eigenvalue weighted by molar-refractivity contribution is 6.36. The van der Waals surface area contributed by atoms with Crippen LogP contribution in [0.5, 0.6) is 0 Å². The van der Waals surface area contributed by atoms with E-state index in [1.165, 1.54) is 0 Å². The lowest BCUT2D eigenvalue weighted by Crippen LogP contribution is -2.33. The lowest BCUT2D eigenvalue weighted by molar-refractivity contribution is 0.220. The van der Waals surface area contributed by atoms with E-state index in [-0.39, 0.29) is 12.1 Å². The molecule has 3 rings (SSSR count). The standard InChI is InChI=1S/C15H16Cl2N4O/c1-10-7-13(17)14(8-12(10)16)19-15(22)20-6-3-11(9-20)21-5-2-4-18-21/h2,4-5,7-8,11H,3,6,9H2,1H3,(H,19,22)/t11-/m1/s1. The van der Waals surface area contributed by atoms with Crippen molar-refractivity contribution in [1.29, 1.82) is 0 Å². The number of aryl methyl sites for hydroxylation is 1. The van der Waals surface area contributed by atoms with Gasteiger partial charge in [0.25, 0.3) is 0 Å². The molecule has 2 amide bonds. The minimum Gasteiger partial charge on any atom is -0.322 e. The molecular formula is C15H16Cl2N4O. The van der Waals surface area contributed by atoms with E-state index in [4.69, 9.17) is 23.2 Å². The number of hydrogen-bond acceptors (Lipinski definition) is 2. The number of nitrogens with one attached hydrogen (secondary N) is 1. The van der Waals surface area contributed by atoms with E-state index in [0.717, 1.165) is 12.0 Å². The molecule has 1 saturated heterocycles. The van der Waals surface area contributed by atoms with Gasteiger partial charge in [0.05, 0.1) is 16.8 Å². The number of carbonyl (C=O) groups excluding carboxylic acids is 1. The third kappa shape index (κ3) is 3.05. The zero-order chi connectivity index (χ0) is 15.7. The van der Waals surface area contributed by atoms with Gasteiger partial charge in [-0.15, -0.1) is 0 Å². The predicted molar refractivity (Wildman–Crippen MR) is 87.7 cm³/mol. The van der Waals surface area contributed by atoms with Crippen LogP contribution >= 0.6 is 23.2 Å². The molecule has 1 fully saturated rings. The fourth-order valence-electron chi connectivity index (χ4n) is 2.58. The van der Waals surface area contributed by atoms with Crippen LogP contribution in [0, 0.1) is 6.92 Å². The lowest BCUT2D eigenvalue weighted by atomic mass is 10.2. The van der Waals surface area contributed by atoms with Crippen molar-refractivity contribution in [3.05, 3.63) is 46.2 Å². The molecule has 0 unspecified atom stereocenters. The van der Waals surface area contributed by atoms with E-state index < -0.39 is 0 Å². The summed E-state index contributed by atoms with van der Waals surface area (Å²) in [7, 11) is 0. The summed E-state index contributed by atoms with van der Waals surface area (Å²) in [5.74, 6) is 0. The average Bonchev–Trinajstić information content (AvgIpc) is 3.15. The molecule has 1 aliphatic heterocycles. The highest BCUT2D eigenvalue weighted by atomic mass is 35.5. The summed E-state index contributed by atoms with van der Waals surface area (Å²) in [6, 6.07) is 5.36. The number of hydrogen-bond donors (Lipinski definition) is 1. The molecule has 22 heavy (non-hydrogen) atoms. The maximum Gasteiger partial charge on any atom is 0.321 e. The van der Waals surface area contributed by atoms with Gasteiger partial charge in [0.2, 0.25) is 0 Å². The van der Waals surface area contributed by atoms with Crippen molar-refractivity contribution in [3.8, 4) is 0 Å². The first kappa shape index (κ1) is 15.2. The number of amides is 2. The van der Waals surface area contributed by atoms with Gasteiger partial charge in [-0.2, -0.15) is 5.10 Å². The molecule has 1 N–H and O–H groups in total. The highest BCUT2D eigenvalue weighted by Gasteiger charge is 2.28. The monoisotopic (exact) mass is 338 g/mol. The van der Waals surface area contributed by atoms with Crippen LogP contribution in [0.25, 0.3) is 0 Å². The molecule has 1 aliphatic rings. The summed E-state index contributed by atoms with van der Waals surface area (Å²) in [4.78, 5) is 14.1. The zero-order valence-electron chi connectivity index (χ0n) is 12.1. The minimum atomic E-state index is -0.170.